The minimum absolute atomic E-state index is 0.0747. The molecule has 0 saturated carbocycles. The van der Waals surface area contributed by atoms with Crippen molar-refractivity contribution in [1.82, 2.24) is 15.6 Å². The molecular formula is C21H18N4O2. The SMILES string of the molecule is O=C(NCC#Cc1ccc(N2CCNC2=O)cc1)c1ccc2[nH]ccc2c1. The number of hydrogen-bond acceptors (Lipinski definition) is 2. The number of hydrogen-bond donors (Lipinski definition) is 3. The highest BCUT2D eigenvalue weighted by Crippen LogP contribution is 2.17. The Bertz CT molecular complexity index is 1060. The lowest BCUT2D eigenvalue weighted by Crippen LogP contribution is -2.27. The van der Waals surface area contributed by atoms with Crippen LogP contribution >= 0.6 is 0 Å². The van der Waals surface area contributed by atoms with Crippen LogP contribution in [-0.4, -0.2) is 36.6 Å². The van der Waals surface area contributed by atoms with Gasteiger partial charge in [0.05, 0.1) is 6.54 Å². The van der Waals surface area contributed by atoms with Crippen molar-refractivity contribution >= 4 is 28.5 Å². The second-order valence-electron chi connectivity index (χ2n) is 6.19. The molecule has 134 valence electrons. The summed E-state index contributed by atoms with van der Waals surface area (Å²) in [5.74, 6) is 5.82. The van der Waals surface area contributed by atoms with Crippen LogP contribution < -0.4 is 15.5 Å². The Morgan fingerprint density at radius 2 is 2.00 bits per heavy atom. The smallest absolute Gasteiger partial charge is 0.321 e. The van der Waals surface area contributed by atoms with Crippen molar-refractivity contribution in [2.45, 2.75) is 0 Å². The van der Waals surface area contributed by atoms with Crippen LogP contribution in [-0.2, 0) is 0 Å². The van der Waals surface area contributed by atoms with Crippen LogP contribution in [0.4, 0.5) is 10.5 Å². The first-order chi connectivity index (χ1) is 13.2. The fourth-order valence-corrected chi connectivity index (χ4v) is 3.01. The molecule has 3 amide bonds. The van der Waals surface area contributed by atoms with E-state index in [2.05, 4.69) is 27.5 Å². The van der Waals surface area contributed by atoms with Crippen LogP contribution in [0.5, 0.6) is 0 Å². The van der Waals surface area contributed by atoms with E-state index < -0.39 is 0 Å². The number of anilines is 1. The van der Waals surface area contributed by atoms with E-state index in [1.807, 2.05) is 48.7 Å². The third-order valence-electron chi connectivity index (χ3n) is 4.42. The van der Waals surface area contributed by atoms with Crippen LogP contribution in [0, 0.1) is 11.8 Å². The van der Waals surface area contributed by atoms with E-state index in [1.54, 1.807) is 11.0 Å². The summed E-state index contributed by atoms with van der Waals surface area (Å²) in [6.45, 7) is 1.60. The van der Waals surface area contributed by atoms with Gasteiger partial charge in [-0.25, -0.2) is 4.79 Å². The maximum absolute atomic E-state index is 12.2. The number of aromatic amines is 1. The van der Waals surface area contributed by atoms with Gasteiger partial charge in [-0.2, -0.15) is 0 Å². The van der Waals surface area contributed by atoms with E-state index in [4.69, 9.17) is 0 Å². The first-order valence-corrected chi connectivity index (χ1v) is 8.70. The highest BCUT2D eigenvalue weighted by molar-refractivity contribution is 5.98. The molecule has 3 aromatic rings. The molecule has 0 unspecified atom stereocenters. The van der Waals surface area contributed by atoms with Crippen molar-refractivity contribution in [1.29, 1.82) is 0 Å². The molecule has 0 bridgehead atoms. The van der Waals surface area contributed by atoms with Crippen LogP contribution in [0.25, 0.3) is 10.9 Å². The van der Waals surface area contributed by atoms with E-state index in [9.17, 15) is 9.59 Å². The molecule has 3 N–H and O–H groups in total. The Hall–Kier alpha value is -3.72. The normalized spacial score (nSPS) is 13.2. The Balaban J connectivity index is 1.34. The molecule has 1 saturated heterocycles. The molecule has 1 aliphatic rings. The Morgan fingerprint density at radius 1 is 1.15 bits per heavy atom. The fraction of sp³-hybridized carbons (Fsp3) is 0.143. The number of carbonyl (C=O) groups excluding carboxylic acids is 2. The van der Waals surface area contributed by atoms with Gasteiger partial charge in [0.15, 0.2) is 0 Å². The van der Waals surface area contributed by atoms with Gasteiger partial charge in [-0.3, -0.25) is 9.69 Å². The first-order valence-electron chi connectivity index (χ1n) is 8.70. The highest BCUT2D eigenvalue weighted by Gasteiger charge is 2.20. The van der Waals surface area contributed by atoms with E-state index in [0.29, 0.717) is 18.7 Å². The summed E-state index contributed by atoms with van der Waals surface area (Å²) in [6, 6.07) is 14.9. The summed E-state index contributed by atoms with van der Waals surface area (Å²) in [4.78, 5) is 28.7. The number of aromatic nitrogens is 1. The van der Waals surface area contributed by atoms with Crippen LogP contribution in [0.15, 0.2) is 54.7 Å². The zero-order valence-electron chi connectivity index (χ0n) is 14.6. The minimum atomic E-state index is -0.150. The third-order valence-corrected chi connectivity index (χ3v) is 4.42. The lowest BCUT2D eigenvalue weighted by Gasteiger charge is -2.13. The number of urea groups is 1. The summed E-state index contributed by atoms with van der Waals surface area (Å²) >= 11 is 0. The second-order valence-corrected chi connectivity index (χ2v) is 6.19. The molecule has 1 aromatic heterocycles. The van der Waals surface area contributed by atoms with Crippen molar-refractivity contribution < 1.29 is 9.59 Å². The van der Waals surface area contributed by atoms with E-state index in [-0.39, 0.29) is 18.5 Å². The van der Waals surface area contributed by atoms with Gasteiger partial charge in [-0.1, -0.05) is 11.8 Å². The maximum atomic E-state index is 12.2. The second kappa shape index (κ2) is 7.26. The van der Waals surface area contributed by atoms with Gasteiger partial charge in [-0.15, -0.1) is 0 Å². The van der Waals surface area contributed by atoms with Crippen molar-refractivity contribution in [3.8, 4) is 11.8 Å². The van der Waals surface area contributed by atoms with Crippen molar-refractivity contribution in [3.05, 3.63) is 65.9 Å². The van der Waals surface area contributed by atoms with E-state index >= 15 is 0 Å². The summed E-state index contributed by atoms with van der Waals surface area (Å²) in [5, 5.41) is 6.58. The fourth-order valence-electron chi connectivity index (χ4n) is 3.01. The summed E-state index contributed by atoms with van der Waals surface area (Å²) in [6.07, 6.45) is 1.85. The van der Waals surface area contributed by atoms with Crippen molar-refractivity contribution in [3.63, 3.8) is 0 Å². The summed E-state index contributed by atoms with van der Waals surface area (Å²) < 4.78 is 0. The molecule has 2 aromatic carbocycles. The number of nitrogens with one attached hydrogen (secondary N) is 3. The van der Waals surface area contributed by atoms with Gasteiger partial charge in [0, 0.05) is 47.0 Å². The van der Waals surface area contributed by atoms with Gasteiger partial charge >= 0.3 is 6.03 Å². The number of benzene rings is 2. The molecule has 2 heterocycles. The third kappa shape index (κ3) is 3.62. The Morgan fingerprint density at radius 3 is 2.78 bits per heavy atom. The first kappa shape index (κ1) is 16.7. The number of nitrogens with zero attached hydrogens (tertiary/aromatic N) is 1. The number of amides is 3. The molecule has 0 radical (unpaired) electrons. The lowest BCUT2D eigenvalue weighted by molar-refractivity contribution is 0.0959. The molecule has 0 atom stereocenters. The molecule has 6 heteroatoms. The molecule has 27 heavy (non-hydrogen) atoms. The van der Waals surface area contributed by atoms with Crippen LogP contribution in [0.1, 0.15) is 15.9 Å². The number of carbonyl (C=O) groups is 2. The van der Waals surface area contributed by atoms with Crippen molar-refractivity contribution in [2.75, 3.05) is 24.5 Å². The van der Waals surface area contributed by atoms with Gasteiger partial charge < -0.3 is 15.6 Å². The Labute approximate surface area is 156 Å². The summed E-state index contributed by atoms with van der Waals surface area (Å²) in [7, 11) is 0. The number of rotatable bonds is 3. The van der Waals surface area contributed by atoms with Gasteiger partial charge in [0.1, 0.15) is 0 Å². The molecule has 4 rings (SSSR count). The van der Waals surface area contributed by atoms with E-state index in [1.165, 1.54) is 0 Å². The molecule has 0 aliphatic carbocycles. The largest absolute Gasteiger partial charge is 0.361 e. The predicted molar refractivity (Wildman–Crippen MR) is 105 cm³/mol. The maximum Gasteiger partial charge on any atom is 0.321 e. The molecule has 1 fully saturated rings. The minimum Gasteiger partial charge on any atom is -0.361 e. The van der Waals surface area contributed by atoms with Gasteiger partial charge in [-0.05, 0) is 48.5 Å². The van der Waals surface area contributed by atoms with Gasteiger partial charge in [0.25, 0.3) is 5.91 Å². The highest BCUT2D eigenvalue weighted by atomic mass is 16.2. The van der Waals surface area contributed by atoms with Gasteiger partial charge in [0.2, 0.25) is 0 Å². The van der Waals surface area contributed by atoms with Crippen molar-refractivity contribution in [2.24, 2.45) is 0 Å². The van der Waals surface area contributed by atoms with Crippen LogP contribution in [0.3, 0.4) is 0 Å². The lowest BCUT2D eigenvalue weighted by atomic mass is 10.1. The molecular weight excluding hydrogens is 340 g/mol. The molecule has 1 aliphatic heterocycles. The number of fused-ring (bicyclic) bond motifs is 1. The zero-order chi connectivity index (χ0) is 18.6. The average Bonchev–Trinajstić information content (AvgIpc) is 3.33. The molecule has 0 spiro atoms. The monoisotopic (exact) mass is 358 g/mol. The summed E-state index contributed by atoms with van der Waals surface area (Å²) in [5.41, 5.74) is 3.30. The number of H-pyrrole nitrogens is 1. The average molecular weight is 358 g/mol. The predicted octanol–water partition coefficient (Wildman–Crippen LogP) is 2.48. The standard InChI is InChI=1S/C21H18N4O2/c26-20(17-5-8-19-16(14-17)9-11-22-19)23-10-1-2-15-3-6-18(7-4-15)25-13-12-24-21(25)27/h3-9,11,14,22H,10,12-13H2,(H,23,26)(H,24,27). The Kier molecular flexibility index (Phi) is 4.50. The molecule has 6 nitrogen and oxygen atoms in total. The topological polar surface area (TPSA) is 77.2 Å². The van der Waals surface area contributed by atoms with E-state index in [0.717, 1.165) is 22.2 Å². The van der Waals surface area contributed by atoms with Crippen LogP contribution in [0.2, 0.25) is 0 Å². The zero-order valence-corrected chi connectivity index (χ0v) is 14.6. The quantitative estimate of drug-likeness (QED) is 0.629.